The number of hydrogen-bond acceptors (Lipinski definition) is 7. The van der Waals surface area contributed by atoms with Crippen molar-refractivity contribution in [1.29, 1.82) is 0 Å². The highest BCUT2D eigenvalue weighted by Gasteiger charge is 2.24. The minimum Gasteiger partial charge on any atom is -0.496 e. The maximum absolute atomic E-state index is 12.9. The first kappa shape index (κ1) is 26.4. The molecule has 0 aliphatic heterocycles. The van der Waals surface area contributed by atoms with E-state index in [-0.39, 0.29) is 19.0 Å². The summed E-state index contributed by atoms with van der Waals surface area (Å²) in [4.78, 5) is 22.3. The molecule has 0 saturated heterocycles. The van der Waals surface area contributed by atoms with Crippen LogP contribution in [0.4, 0.5) is 10.6 Å². The third-order valence-corrected chi connectivity index (χ3v) is 5.96. The van der Waals surface area contributed by atoms with E-state index >= 15 is 0 Å². The Labute approximate surface area is 216 Å². The van der Waals surface area contributed by atoms with Crippen molar-refractivity contribution < 1.29 is 24.1 Å². The number of anilines is 1. The maximum atomic E-state index is 12.9. The summed E-state index contributed by atoms with van der Waals surface area (Å²) < 4.78 is 18.5. The molecule has 0 aliphatic rings. The molecule has 2 heterocycles. The molecule has 9 heteroatoms. The van der Waals surface area contributed by atoms with Gasteiger partial charge in [0.2, 0.25) is 0 Å². The molecule has 0 spiro atoms. The van der Waals surface area contributed by atoms with Crippen molar-refractivity contribution >= 4 is 33.8 Å². The van der Waals surface area contributed by atoms with Gasteiger partial charge in [-0.2, -0.15) is 0 Å². The predicted octanol–water partition coefficient (Wildman–Crippen LogP) is 5.27. The number of benzene rings is 2. The van der Waals surface area contributed by atoms with Crippen LogP contribution >= 0.6 is 0 Å². The van der Waals surface area contributed by atoms with Crippen molar-refractivity contribution in [2.75, 3.05) is 19.0 Å². The number of pyridine rings is 1. The molecule has 0 unspecified atom stereocenters. The Morgan fingerprint density at radius 3 is 2.46 bits per heavy atom. The highest BCUT2D eigenvalue weighted by Crippen LogP contribution is 2.32. The summed E-state index contributed by atoms with van der Waals surface area (Å²) in [5.41, 5.74) is 3.75. The largest absolute Gasteiger partial charge is 0.496 e. The van der Waals surface area contributed by atoms with E-state index in [1.54, 1.807) is 21.0 Å². The molecule has 0 bridgehead atoms. The van der Waals surface area contributed by atoms with E-state index in [4.69, 9.17) is 19.2 Å². The predicted molar refractivity (Wildman–Crippen MR) is 143 cm³/mol. The average Bonchev–Trinajstić information content (AvgIpc) is 3.18. The van der Waals surface area contributed by atoms with Gasteiger partial charge in [0.1, 0.15) is 30.3 Å². The summed E-state index contributed by atoms with van der Waals surface area (Å²) in [7, 11) is 1.64. The monoisotopic (exact) mass is 506 g/mol. The lowest BCUT2D eigenvalue weighted by atomic mass is 10.1. The van der Waals surface area contributed by atoms with Crippen molar-refractivity contribution in [1.82, 2.24) is 14.5 Å². The van der Waals surface area contributed by atoms with Crippen LogP contribution in [0.1, 0.15) is 43.3 Å². The standard InChI is InChI=1S/C28H34N4O5/c1-7-36-15-22-30-23-24(32(22)16-28(4,5)34)20-10-8-9-11-21(20)29-26(23)31-27(33)37-14-19-12-17(2)25(35-6)18(3)13-19/h8-13,34H,7,14-16H2,1-6H3,(H,29,31,33). The van der Waals surface area contributed by atoms with Crippen molar-refractivity contribution in [2.24, 2.45) is 0 Å². The zero-order chi connectivity index (χ0) is 26.7. The lowest BCUT2D eigenvalue weighted by Crippen LogP contribution is -2.27. The molecule has 1 amide bonds. The van der Waals surface area contributed by atoms with E-state index in [1.165, 1.54) is 0 Å². The molecule has 2 aromatic carbocycles. The van der Waals surface area contributed by atoms with Gasteiger partial charge in [-0.05, 0) is 69.5 Å². The molecule has 4 rings (SSSR count). The molecule has 0 saturated carbocycles. The Hall–Kier alpha value is -3.69. The third-order valence-electron chi connectivity index (χ3n) is 5.96. The smallest absolute Gasteiger partial charge is 0.413 e. The van der Waals surface area contributed by atoms with Gasteiger partial charge >= 0.3 is 6.09 Å². The van der Waals surface area contributed by atoms with Crippen LogP contribution < -0.4 is 10.1 Å². The molecule has 196 valence electrons. The van der Waals surface area contributed by atoms with Crippen molar-refractivity contribution in [3.8, 4) is 5.75 Å². The minimum atomic E-state index is -1.000. The number of aliphatic hydroxyl groups is 1. The SMILES string of the molecule is CCOCc1nc2c(NC(=O)OCc3cc(C)c(OC)c(C)c3)nc3ccccc3c2n1CC(C)(C)O. The van der Waals surface area contributed by atoms with Crippen LogP contribution in [0.15, 0.2) is 36.4 Å². The number of carbonyl (C=O) groups is 1. The number of amides is 1. The molecule has 0 aliphatic carbocycles. The van der Waals surface area contributed by atoms with Gasteiger partial charge in [0.15, 0.2) is 5.82 Å². The zero-order valence-electron chi connectivity index (χ0n) is 22.2. The van der Waals surface area contributed by atoms with E-state index in [1.807, 2.05) is 61.7 Å². The summed E-state index contributed by atoms with van der Waals surface area (Å²) in [6, 6.07) is 11.5. The highest BCUT2D eigenvalue weighted by molar-refractivity contribution is 6.09. The number of para-hydroxylation sites is 1. The maximum Gasteiger partial charge on any atom is 0.413 e. The molecule has 0 fully saturated rings. The Morgan fingerprint density at radius 2 is 1.81 bits per heavy atom. The van der Waals surface area contributed by atoms with Gasteiger partial charge in [-0.25, -0.2) is 14.8 Å². The first-order valence-electron chi connectivity index (χ1n) is 12.3. The molecular formula is C28H34N4O5. The number of methoxy groups -OCH3 is 1. The van der Waals surface area contributed by atoms with Crippen molar-refractivity contribution in [2.45, 2.75) is 60.0 Å². The van der Waals surface area contributed by atoms with Gasteiger partial charge in [-0.3, -0.25) is 5.32 Å². The number of imidazole rings is 1. The van der Waals surface area contributed by atoms with Crippen LogP contribution in [0, 0.1) is 13.8 Å². The molecule has 37 heavy (non-hydrogen) atoms. The number of aromatic nitrogens is 3. The summed E-state index contributed by atoms with van der Waals surface area (Å²) in [5, 5.41) is 14.3. The number of fused-ring (bicyclic) bond motifs is 3. The van der Waals surface area contributed by atoms with Gasteiger partial charge in [0.25, 0.3) is 0 Å². The van der Waals surface area contributed by atoms with E-state index in [2.05, 4.69) is 10.3 Å². The molecule has 2 N–H and O–H groups in total. The number of hydrogen-bond donors (Lipinski definition) is 2. The van der Waals surface area contributed by atoms with Crippen LogP contribution in [0.25, 0.3) is 21.9 Å². The van der Waals surface area contributed by atoms with Gasteiger partial charge in [-0.15, -0.1) is 0 Å². The van der Waals surface area contributed by atoms with Crippen LogP contribution in [0.5, 0.6) is 5.75 Å². The van der Waals surface area contributed by atoms with Gasteiger partial charge in [-0.1, -0.05) is 18.2 Å². The molecular weight excluding hydrogens is 472 g/mol. The molecule has 0 radical (unpaired) electrons. The Morgan fingerprint density at radius 1 is 1.11 bits per heavy atom. The Bertz CT molecular complexity index is 1420. The van der Waals surface area contributed by atoms with E-state index in [9.17, 15) is 9.90 Å². The number of carbonyl (C=O) groups excluding carboxylic acids is 1. The zero-order valence-corrected chi connectivity index (χ0v) is 22.2. The first-order valence-corrected chi connectivity index (χ1v) is 12.3. The minimum absolute atomic E-state index is 0.0942. The second-order valence-corrected chi connectivity index (χ2v) is 9.70. The quantitative estimate of drug-likeness (QED) is 0.319. The normalized spacial score (nSPS) is 11.8. The second-order valence-electron chi connectivity index (χ2n) is 9.70. The van der Waals surface area contributed by atoms with Crippen LogP contribution in [-0.2, 0) is 29.2 Å². The van der Waals surface area contributed by atoms with E-state index < -0.39 is 11.7 Å². The van der Waals surface area contributed by atoms with Crippen LogP contribution in [0.2, 0.25) is 0 Å². The molecule has 9 nitrogen and oxygen atoms in total. The van der Waals surface area contributed by atoms with E-state index in [0.29, 0.717) is 30.0 Å². The Balaban J connectivity index is 1.70. The number of nitrogens with one attached hydrogen (secondary N) is 1. The van der Waals surface area contributed by atoms with Crippen LogP contribution in [-0.4, -0.2) is 45.1 Å². The topological polar surface area (TPSA) is 108 Å². The number of nitrogens with zero attached hydrogens (tertiary/aromatic N) is 3. The van der Waals surface area contributed by atoms with Crippen molar-refractivity contribution in [3.05, 3.63) is 58.9 Å². The average molecular weight is 507 g/mol. The fourth-order valence-corrected chi connectivity index (χ4v) is 4.56. The number of aryl methyl sites for hydroxylation is 2. The highest BCUT2D eigenvalue weighted by atomic mass is 16.5. The third kappa shape index (κ3) is 5.84. The second kappa shape index (κ2) is 10.7. The first-order chi connectivity index (χ1) is 17.6. The number of rotatable bonds is 9. The summed E-state index contributed by atoms with van der Waals surface area (Å²) in [6.07, 6.45) is -0.640. The summed E-state index contributed by atoms with van der Waals surface area (Å²) in [6.45, 7) is 10.5. The molecule has 0 atom stereocenters. The summed E-state index contributed by atoms with van der Waals surface area (Å²) >= 11 is 0. The molecule has 2 aromatic heterocycles. The molecule has 4 aromatic rings. The lowest BCUT2D eigenvalue weighted by Gasteiger charge is -2.20. The van der Waals surface area contributed by atoms with Gasteiger partial charge in [0.05, 0.1) is 30.3 Å². The fraction of sp³-hybridized carbons (Fsp3) is 0.393. The fourth-order valence-electron chi connectivity index (χ4n) is 4.56. The van der Waals surface area contributed by atoms with E-state index in [0.717, 1.165) is 33.3 Å². The van der Waals surface area contributed by atoms with Crippen LogP contribution in [0.3, 0.4) is 0 Å². The van der Waals surface area contributed by atoms with Crippen molar-refractivity contribution in [3.63, 3.8) is 0 Å². The summed E-state index contributed by atoms with van der Waals surface area (Å²) in [5.74, 6) is 1.74. The Kier molecular flexibility index (Phi) is 7.65. The number of ether oxygens (including phenoxy) is 3. The van der Waals surface area contributed by atoms with Gasteiger partial charge in [0, 0.05) is 12.0 Å². The lowest BCUT2D eigenvalue weighted by molar-refractivity contribution is 0.0582. The van der Waals surface area contributed by atoms with Gasteiger partial charge < -0.3 is 23.9 Å².